The molecule has 0 aliphatic rings. The van der Waals surface area contributed by atoms with E-state index in [1.807, 2.05) is 0 Å². The number of benzene rings is 1. The van der Waals surface area contributed by atoms with E-state index in [4.69, 9.17) is 0 Å². The van der Waals surface area contributed by atoms with Gasteiger partial charge in [-0.3, -0.25) is 10.1 Å². The molecule has 0 unspecified atom stereocenters. The molecule has 13 heavy (non-hydrogen) atoms. The molecule has 0 saturated carbocycles. The van der Waals surface area contributed by atoms with Crippen LogP contribution in [0, 0.1) is 10.1 Å². The van der Waals surface area contributed by atoms with E-state index in [0.717, 1.165) is 0 Å². The molecule has 0 bridgehead atoms. The van der Waals surface area contributed by atoms with Crippen LogP contribution in [0.2, 0.25) is 0 Å². The first-order valence-corrected chi connectivity index (χ1v) is 3.62. The number of nitro benzene ring substituents is 1. The van der Waals surface area contributed by atoms with Crippen molar-refractivity contribution in [2.75, 3.05) is 0 Å². The highest BCUT2D eigenvalue weighted by Crippen LogP contribution is 2.16. The van der Waals surface area contributed by atoms with Gasteiger partial charge in [-0.05, 0) is 6.07 Å². The Kier molecular flexibility index (Phi) is 1.48. The zero-order valence-electron chi connectivity index (χ0n) is 6.84. The standard InChI is InChI=1S/C7H6N4O2/c1-10-8-6-3-2-5(11(12)13)4-7(6)9-10/h2-4H,1H3. The fourth-order valence-electron chi connectivity index (χ4n) is 1.12. The van der Waals surface area contributed by atoms with Gasteiger partial charge in [0.2, 0.25) is 0 Å². The molecule has 6 nitrogen and oxygen atoms in total. The first-order chi connectivity index (χ1) is 6.16. The first-order valence-electron chi connectivity index (χ1n) is 3.62. The first kappa shape index (κ1) is 7.66. The molecule has 2 aromatic rings. The third kappa shape index (κ3) is 1.22. The summed E-state index contributed by atoms with van der Waals surface area (Å²) in [5, 5.41) is 18.4. The number of nitrogens with zero attached hydrogens (tertiary/aromatic N) is 4. The van der Waals surface area contributed by atoms with Gasteiger partial charge in [0.1, 0.15) is 11.0 Å². The summed E-state index contributed by atoms with van der Waals surface area (Å²) >= 11 is 0. The van der Waals surface area contributed by atoms with Crippen LogP contribution in [0.4, 0.5) is 5.69 Å². The molecular weight excluding hydrogens is 172 g/mol. The number of aryl methyl sites for hydroxylation is 1. The molecule has 1 aromatic carbocycles. The van der Waals surface area contributed by atoms with Gasteiger partial charge < -0.3 is 0 Å². The van der Waals surface area contributed by atoms with Crippen molar-refractivity contribution in [3.63, 3.8) is 0 Å². The summed E-state index contributed by atoms with van der Waals surface area (Å²) < 4.78 is 0. The second-order valence-electron chi connectivity index (χ2n) is 2.62. The predicted octanol–water partition coefficient (Wildman–Crippen LogP) is 0.876. The lowest BCUT2D eigenvalue weighted by Gasteiger charge is -1.87. The highest BCUT2D eigenvalue weighted by Gasteiger charge is 2.08. The molecule has 0 radical (unpaired) electrons. The lowest BCUT2D eigenvalue weighted by Crippen LogP contribution is -1.90. The molecule has 0 aliphatic heterocycles. The highest BCUT2D eigenvalue weighted by molar-refractivity contribution is 5.76. The lowest BCUT2D eigenvalue weighted by molar-refractivity contribution is -0.384. The molecule has 0 N–H and O–H groups in total. The monoisotopic (exact) mass is 178 g/mol. The summed E-state index contributed by atoms with van der Waals surface area (Å²) in [5.74, 6) is 0. The Morgan fingerprint density at radius 3 is 2.77 bits per heavy atom. The van der Waals surface area contributed by atoms with Crippen LogP contribution in [0.5, 0.6) is 0 Å². The fraction of sp³-hybridized carbons (Fsp3) is 0.143. The number of hydrogen-bond acceptors (Lipinski definition) is 4. The molecule has 0 amide bonds. The minimum atomic E-state index is -0.450. The van der Waals surface area contributed by atoms with E-state index in [2.05, 4.69) is 10.2 Å². The molecule has 1 heterocycles. The zero-order valence-corrected chi connectivity index (χ0v) is 6.84. The van der Waals surface area contributed by atoms with Crippen molar-refractivity contribution in [2.45, 2.75) is 0 Å². The van der Waals surface area contributed by atoms with Gasteiger partial charge in [0, 0.05) is 19.2 Å². The van der Waals surface area contributed by atoms with E-state index in [0.29, 0.717) is 11.0 Å². The maximum absolute atomic E-state index is 10.4. The minimum absolute atomic E-state index is 0.0352. The smallest absolute Gasteiger partial charge is 0.258 e. The summed E-state index contributed by atoms with van der Waals surface area (Å²) in [5.41, 5.74) is 1.23. The Bertz CT molecular complexity index is 476. The van der Waals surface area contributed by atoms with Gasteiger partial charge in [-0.15, -0.1) is 0 Å². The van der Waals surface area contributed by atoms with Crippen molar-refractivity contribution in [1.29, 1.82) is 0 Å². The summed E-state index contributed by atoms with van der Waals surface area (Å²) in [6.07, 6.45) is 0. The normalized spacial score (nSPS) is 10.5. The Morgan fingerprint density at radius 1 is 1.38 bits per heavy atom. The van der Waals surface area contributed by atoms with Crippen LogP contribution in [-0.2, 0) is 7.05 Å². The Hall–Kier alpha value is -1.98. The zero-order chi connectivity index (χ0) is 9.42. The molecule has 6 heteroatoms. The molecule has 66 valence electrons. The van der Waals surface area contributed by atoms with E-state index in [-0.39, 0.29) is 5.69 Å². The van der Waals surface area contributed by atoms with Crippen LogP contribution >= 0.6 is 0 Å². The summed E-state index contributed by atoms with van der Waals surface area (Å²) in [6.45, 7) is 0. The predicted molar refractivity (Wildman–Crippen MR) is 45.2 cm³/mol. The average Bonchev–Trinajstić information content (AvgIpc) is 2.42. The van der Waals surface area contributed by atoms with Crippen molar-refractivity contribution in [3.05, 3.63) is 28.3 Å². The van der Waals surface area contributed by atoms with Crippen molar-refractivity contribution >= 4 is 16.7 Å². The molecule has 0 atom stereocenters. The highest BCUT2D eigenvalue weighted by atomic mass is 16.6. The second-order valence-corrected chi connectivity index (χ2v) is 2.62. The van der Waals surface area contributed by atoms with Crippen LogP contribution in [0.1, 0.15) is 0 Å². The van der Waals surface area contributed by atoms with E-state index in [1.54, 1.807) is 13.1 Å². The largest absolute Gasteiger partial charge is 0.271 e. The van der Waals surface area contributed by atoms with Gasteiger partial charge in [0.25, 0.3) is 5.69 Å². The second kappa shape index (κ2) is 2.51. The average molecular weight is 178 g/mol. The van der Waals surface area contributed by atoms with Gasteiger partial charge in [-0.25, -0.2) is 0 Å². The van der Waals surface area contributed by atoms with Gasteiger partial charge in [-0.1, -0.05) is 0 Å². The molecular formula is C7H6N4O2. The molecule has 2 rings (SSSR count). The SMILES string of the molecule is Cn1nc2ccc([N+](=O)[O-])cc2n1. The van der Waals surface area contributed by atoms with E-state index in [1.165, 1.54) is 16.9 Å². The molecule has 0 spiro atoms. The topological polar surface area (TPSA) is 73.8 Å². The maximum Gasteiger partial charge on any atom is 0.271 e. The van der Waals surface area contributed by atoms with Crippen LogP contribution < -0.4 is 0 Å². The number of aromatic nitrogens is 3. The Morgan fingerprint density at radius 2 is 2.08 bits per heavy atom. The van der Waals surface area contributed by atoms with E-state index < -0.39 is 4.92 Å². The van der Waals surface area contributed by atoms with Gasteiger partial charge in [-0.2, -0.15) is 15.0 Å². The number of non-ortho nitro benzene ring substituents is 1. The molecule has 0 saturated heterocycles. The third-order valence-electron chi connectivity index (χ3n) is 1.67. The number of fused-ring (bicyclic) bond motifs is 1. The van der Waals surface area contributed by atoms with Crippen LogP contribution in [0.25, 0.3) is 11.0 Å². The van der Waals surface area contributed by atoms with Crippen LogP contribution in [0.3, 0.4) is 0 Å². The van der Waals surface area contributed by atoms with Gasteiger partial charge >= 0.3 is 0 Å². The van der Waals surface area contributed by atoms with Crippen molar-refractivity contribution in [3.8, 4) is 0 Å². The van der Waals surface area contributed by atoms with Crippen LogP contribution in [0.15, 0.2) is 18.2 Å². The van der Waals surface area contributed by atoms with E-state index in [9.17, 15) is 10.1 Å². The maximum atomic E-state index is 10.4. The van der Waals surface area contributed by atoms with E-state index >= 15 is 0 Å². The van der Waals surface area contributed by atoms with Gasteiger partial charge in [0.15, 0.2) is 0 Å². The fourth-order valence-corrected chi connectivity index (χ4v) is 1.12. The molecule has 0 aliphatic carbocycles. The van der Waals surface area contributed by atoms with Crippen molar-refractivity contribution < 1.29 is 4.92 Å². The minimum Gasteiger partial charge on any atom is -0.258 e. The molecule has 0 fully saturated rings. The Balaban J connectivity index is 2.67. The molecule has 1 aromatic heterocycles. The quantitative estimate of drug-likeness (QED) is 0.479. The summed E-state index contributed by atoms with van der Waals surface area (Å²) in [4.78, 5) is 11.3. The van der Waals surface area contributed by atoms with Crippen molar-refractivity contribution in [1.82, 2.24) is 15.0 Å². The number of nitro groups is 1. The van der Waals surface area contributed by atoms with Crippen LogP contribution in [-0.4, -0.2) is 19.9 Å². The Labute approximate surface area is 72.9 Å². The number of rotatable bonds is 1. The third-order valence-corrected chi connectivity index (χ3v) is 1.67. The summed E-state index contributed by atoms with van der Waals surface area (Å²) in [6, 6.07) is 4.40. The lowest BCUT2D eigenvalue weighted by atomic mass is 10.3. The number of hydrogen-bond donors (Lipinski definition) is 0. The summed E-state index contributed by atoms with van der Waals surface area (Å²) in [7, 11) is 1.67. The van der Waals surface area contributed by atoms with Gasteiger partial charge in [0.05, 0.1) is 4.92 Å². The van der Waals surface area contributed by atoms with Crippen molar-refractivity contribution in [2.24, 2.45) is 7.05 Å².